The highest BCUT2D eigenvalue weighted by Crippen LogP contribution is 2.71. The summed E-state index contributed by atoms with van der Waals surface area (Å²) in [5.74, 6) is 5.90. The van der Waals surface area contributed by atoms with Crippen molar-refractivity contribution >= 4 is 0 Å². The van der Waals surface area contributed by atoms with Gasteiger partial charge < -0.3 is 10.1 Å². The third-order valence-electron chi connectivity index (χ3n) is 7.23. The molecular weight excluding hydrogens is 258 g/mol. The molecule has 0 aromatic carbocycles. The summed E-state index contributed by atoms with van der Waals surface area (Å²) >= 11 is 0. The average Bonchev–Trinajstić information content (AvgIpc) is 2.69. The van der Waals surface area contributed by atoms with Crippen LogP contribution in [0.1, 0.15) is 60.3 Å². The number of hydrogen-bond acceptors (Lipinski definition) is 2. The van der Waals surface area contributed by atoms with Gasteiger partial charge in [-0.05, 0) is 89.5 Å². The number of nitrogens with one attached hydrogen (secondary N) is 1. The van der Waals surface area contributed by atoms with Crippen molar-refractivity contribution in [2.45, 2.75) is 77.5 Å². The molecule has 6 unspecified atom stereocenters. The minimum absolute atomic E-state index is 0.0201. The molecule has 6 atom stereocenters. The van der Waals surface area contributed by atoms with Gasteiger partial charge in [0.25, 0.3) is 0 Å². The van der Waals surface area contributed by atoms with Gasteiger partial charge >= 0.3 is 0 Å². The van der Waals surface area contributed by atoms with Crippen LogP contribution in [0.4, 0.5) is 0 Å². The Kier molecular flexibility index (Phi) is 3.09. The van der Waals surface area contributed by atoms with Crippen LogP contribution in [0.15, 0.2) is 0 Å². The van der Waals surface area contributed by atoms with Gasteiger partial charge in [0.05, 0.1) is 11.2 Å². The summed E-state index contributed by atoms with van der Waals surface area (Å²) in [5, 5.41) is 3.90. The molecule has 1 heterocycles. The molecule has 4 aliphatic rings. The molecular formula is C19H33NO. The second kappa shape index (κ2) is 4.47. The first-order valence-corrected chi connectivity index (χ1v) is 9.27. The van der Waals surface area contributed by atoms with Crippen molar-refractivity contribution < 1.29 is 4.74 Å². The van der Waals surface area contributed by atoms with E-state index in [4.69, 9.17) is 4.74 Å². The maximum Gasteiger partial charge on any atom is 0.0677 e. The standard InChI is InChI=1S/C19H33NO/c1-6-20-17(13-10-18(2,3)21-19(13,4)5)16-14-11-7-8-12(9-11)15(14)16/h11-17,20H,6-10H2,1-5H3. The molecule has 3 saturated carbocycles. The zero-order valence-electron chi connectivity index (χ0n) is 14.5. The first-order valence-electron chi connectivity index (χ1n) is 9.27. The molecule has 0 amide bonds. The van der Waals surface area contributed by atoms with Gasteiger partial charge in [0.2, 0.25) is 0 Å². The third-order valence-corrected chi connectivity index (χ3v) is 7.23. The van der Waals surface area contributed by atoms with E-state index in [2.05, 4.69) is 39.9 Å². The maximum absolute atomic E-state index is 6.41. The van der Waals surface area contributed by atoms with Crippen molar-refractivity contribution in [3.8, 4) is 0 Å². The summed E-state index contributed by atoms with van der Waals surface area (Å²) in [7, 11) is 0. The highest BCUT2D eigenvalue weighted by Gasteiger charge is 2.68. The van der Waals surface area contributed by atoms with Gasteiger partial charge in [-0.2, -0.15) is 0 Å². The Labute approximate surface area is 130 Å². The summed E-state index contributed by atoms with van der Waals surface area (Å²) in [4.78, 5) is 0. The fourth-order valence-electron chi connectivity index (χ4n) is 6.82. The molecule has 4 fully saturated rings. The molecule has 4 rings (SSSR count). The van der Waals surface area contributed by atoms with Crippen LogP contribution in [-0.2, 0) is 4.74 Å². The second-order valence-electron chi connectivity index (χ2n) is 9.42. The van der Waals surface area contributed by atoms with Gasteiger partial charge in [-0.3, -0.25) is 0 Å². The first-order chi connectivity index (χ1) is 9.84. The fourth-order valence-corrected chi connectivity index (χ4v) is 6.82. The van der Waals surface area contributed by atoms with Crippen molar-refractivity contribution in [1.29, 1.82) is 0 Å². The van der Waals surface area contributed by atoms with E-state index in [1.54, 1.807) is 6.42 Å². The van der Waals surface area contributed by atoms with Crippen molar-refractivity contribution in [1.82, 2.24) is 5.32 Å². The van der Waals surface area contributed by atoms with E-state index in [9.17, 15) is 0 Å². The van der Waals surface area contributed by atoms with Crippen LogP contribution >= 0.6 is 0 Å². The highest BCUT2D eigenvalue weighted by atomic mass is 16.5. The highest BCUT2D eigenvalue weighted by molar-refractivity contribution is 5.18. The van der Waals surface area contributed by atoms with Crippen LogP contribution in [0.2, 0.25) is 0 Å². The molecule has 2 nitrogen and oxygen atoms in total. The van der Waals surface area contributed by atoms with E-state index in [0.717, 1.165) is 36.1 Å². The minimum atomic E-state index is 0.0201. The lowest BCUT2D eigenvalue weighted by molar-refractivity contribution is -0.0788. The van der Waals surface area contributed by atoms with Gasteiger partial charge in [-0.1, -0.05) is 6.92 Å². The zero-order chi connectivity index (χ0) is 15.0. The van der Waals surface area contributed by atoms with Crippen LogP contribution in [-0.4, -0.2) is 23.8 Å². The Morgan fingerprint density at radius 3 is 2.19 bits per heavy atom. The van der Waals surface area contributed by atoms with Crippen molar-refractivity contribution in [2.75, 3.05) is 6.54 Å². The maximum atomic E-state index is 6.41. The minimum Gasteiger partial charge on any atom is -0.369 e. The van der Waals surface area contributed by atoms with Crippen molar-refractivity contribution in [3.05, 3.63) is 0 Å². The summed E-state index contributed by atoms with van der Waals surface area (Å²) in [6, 6.07) is 0.685. The Morgan fingerprint density at radius 1 is 1.10 bits per heavy atom. The first kappa shape index (κ1) is 14.5. The van der Waals surface area contributed by atoms with E-state index in [-0.39, 0.29) is 11.2 Å². The van der Waals surface area contributed by atoms with Crippen molar-refractivity contribution in [3.63, 3.8) is 0 Å². The summed E-state index contributed by atoms with van der Waals surface area (Å²) in [5.41, 5.74) is 0.0666. The van der Waals surface area contributed by atoms with E-state index < -0.39 is 0 Å². The van der Waals surface area contributed by atoms with Crippen molar-refractivity contribution in [2.24, 2.45) is 35.5 Å². The Bertz CT molecular complexity index is 413. The third kappa shape index (κ3) is 2.12. The molecule has 120 valence electrons. The SMILES string of the molecule is CCNC(C1C2C3CCC(C3)C21)C1CC(C)(C)OC1(C)C. The molecule has 0 spiro atoms. The number of fused-ring (bicyclic) bond motifs is 5. The van der Waals surface area contributed by atoms with Gasteiger partial charge in [0, 0.05) is 12.0 Å². The Balaban J connectivity index is 1.56. The molecule has 1 aliphatic heterocycles. The van der Waals surface area contributed by atoms with E-state index in [1.807, 2.05) is 0 Å². The Hall–Kier alpha value is -0.0800. The topological polar surface area (TPSA) is 21.3 Å². The molecule has 2 bridgehead atoms. The lowest BCUT2D eigenvalue weighted by Gasteiger charge is -2.35. The summed E-state index contributed by atoms with van der Waals surface area (Å²) < 4.78 is 6.41. The van der Waals surface area contributed by atoms with Crippen LogP contribution in [0.5, 0.6) is 0 Å². The van der Waals surface area contributed by atoms with Gasteiger partial charge in [0.15, 0.2) is 0 Å². The molecule has 3 aliphatic carbocycles. The lowest BCUT2D eigenvalue weighted by atomic mass is 9.77. The average molecular weight is 291 g/mol. The molecule has 21 heavy (non-hydrogen) atoms. The monoisotopic (exact) mass is 291 g/mol. The number of rotatable bonds is 4. The smallest absolute Gasteiger partial charge is 0.0677 e. The van der Waals surface area contributed by atoms with Gasteiger partial charge in [0.1, 0.15) is 0 Å². The van der Waals surface area contributed by atoms with E-state index in [0.29, 0.717) is 12.0 Å². The molecule has 0 aromatic heterocycles. The quantitative estimate of drug-likeness (QED) is 0.849. The zero-order valence-corrected chi connectivity index (χ0v) is 14.5. The normalized spacial score (nSPS) is 50.1. The van der Waals surface area contributed by atoms with Crippen LogP contribution in [0.3, 0.4) is 0 Å². The van der Waals surface area contributed by atoms with Gasteiger partial charge in [-0.15, -0.1) is 0 Å². The number of ether oxygens (including phenoxy) is 1. The molecule has 2 heteroatoms. The van der Waals surface area contributed by atoms with Gasteiger partial charge in [-0.25, -0.2) is 0 Å². The summed E-state index contributed by atoms with van der Waals surface area (Å²) in [6.45, 7) is 12.6. The predicted molar refractivity (Wildman–Crippen MR) is 86.1 cm³/mol. The lowest BCUT2D eigenvalue weighted by Crippen LogP contribution is -2.46. The Morgan fingerprint density at radius 2 is 1.71 bits per heavy atom. The van der Waals surface area contributed by atoms with Crippen LogP contribution in [0.25, 0.3) is 0 Å². The largest absolute Gasteiger partial charge is 0.369 e. The van der Waals surface area contributed by atoms with Crippen LogP contribution < -0.4 is 5.32 Å². The second-order valence-corrected chi connectivity index (χ2v) is 9.42. The predicted octanol–water partition coefficient (Wildman–Crippen LogP) is 3.85. The number of hydrogen-bond donors (Lipinski definition) is 1. The molecule has 1 saturated heterocycles. The van der Waals surface area contributed by atoms with Crippen LogP contribution in [0, 0.1) is 35.5 Å². The fraction of sp³-hybridized carbons (Fsp3) is 1.00. The van der Waals surface area contributed by atoms with E-state index in [1.165, 1.54) is 19.3 Å². The van der Waals surface area contributed by atoms with E-state index >= 15 is 0 Å². The summed E-state index contributed by atoms with van der Waals surface area (Å²) in [6.07, 6.45) is 5.82. The molecule has 0 aromatic rings. The molecule has 1 N–H and O–H groups in total. The molecule has 0 radical (unpaired) electrons.